The molecular formula is C15H22FNO2. The minimum atomic E-state index is -0.478. The molecule has 0 bridgehead atoms. The van der Waals surface area contributed by atoms with Gasteiger partial charge in [-0.15, -0.1) is 0 Å². The highest BCUT2D eigenvalue weighted by Gasteiger charge is 2.12. The van der Waals surface area contributed by atoms with Crippen molar-refractivity contribution in [2.75, 3.05) is 25.1 Å². The average Bonchev–Trinajstić information content (AvgIpc) is 2.32. The number of nitrogens with one attached hydrogen (secondary N) is 1. The first-order valence-corrected chi connectivity index (χ1v) is 6.63. The Hall–Kier alpha value is -1.42. The minimum absolute atomic E-state index is 0.130. The monoisotopic (exact) mass is 267 g/mol. The van der Waals surface area contributed by atoms with Gasteiger partial charge in [-0.2, -0.15) is 0 Å². The molecule has 1 N–H and O–H groups in total. The highest BCUT2D eigenvalue weighted by atomic mass is 19.1. The van der Waals surface area contributed by atoms with E-state index in [1.54, 1.807) is 12.1 Å². The Labute approximate surface area is 114 Å². The Morgan fingerprint density at radius 2 is 2.16 bits per heavy atom. The van der Waals surface area contributed by atoms with Crippen molar-refractivity contribution in [3.05, 3.63) is 29.6 Å². The lowest BCUT2D eigenvalue weighted by Crippen LogP contribution is -2.11. The lowest BCUT2D eigenvalue weighted by atomic mass is 10.1. The van der Waals surface area contributed by atoms with Crippen LogP contribution in [-0.2, 0) is 4.74 Å². The molecule has 19 heavy (non-hydrogen) atoms. The van der Waals surface area contributed by atoms with E-state index in [-0.39, 0.29) is 11.3 Å². The summed E-state index contributed by atoms with van der Waals surface area (Å²) in [6.07, 6.45) is 0.820. The number of ether oxygens (including phenoxy) is 1. The van der Waals surface area contributed by atoms with Crippen LogP contribution in [0.15, 0.2) is 18.2 Å². The first-order valence-electron chi connectivity index (χ1n) is 6.63. The van der Waals surface area contributed by atoms with Crippen molar-refractivity contribution in [3.8, 4) is 0 Å². The number of carbonyl (C=O) groups is 1. The van der Waals surface area contributed by atoms with E-state index in [9.17, 15) is 9.18 Å². The van der Waals surface area contributed by atoms with Gasteiger partial charge in [-0.05, 0) is 31.4 Å². The SMILES string of the molecule is CC(=O)c1c(F)cccc1NCCCOCC(C)C. The zero-order chi connectivity index (χ0) is 14.3. The lowest BCUT2D eigenvalue weighted by molar-refractivity contribution is 0.101. The Morgan fingerprint density at radius 3 is 2.79 bits per heavy atom. The van der Waals surface area contributed by atoms with Crippen molar-refractivity contribution >= 4 is 11.5 Å². The van der Waals surface area contributed by atoms with Crippen LogP contribution in [-0.4, -0.2) is 25.5 Å². The van der Waals surface area contributed by atoms with Gasteiger partial charge in [0.05, 0.1) is 5.56 Å². The summed E-state index contributed by atoms with van der Waals surface area (Å²) in [6, 6.07) is 4.61. The van der Waals surface area contributed by atoms with Crippen LogP contribution in [0.4, 0.5) is 10.1 Å². The van der Waals surface area contributed by atoms with Gasteiger partial charge in [0, 0.05) is 25.4 Å². The Morgan fingerprint density at radius 1 is 1.42 bits per heavy atom. The maximum absolute atomic E-state index is 13.5. The minimum Gasteiger partial charge on any atom is -0.384 e. The molecule has 0 radical (unpaired) electrons. The van der Waals surface area contributed by atoms with Crippen molar-refractivity contribution in [3.63, 3.8) is 0 Å². The van der Waals surface area contributed by atoms with E-state index in [2.05, 4.69) is 19.2 Å². The zero-order valence-electron chi connectivity index (χ0n) is 11.8. The number of Topliss-reactive ketones (excluding diaryl/α,β-unsaturated/α-hetero) is 1. The van der Waals surface area contributed by atoms with E-state index in [1.807, 2.05) is 0 Å². The van der Waals surface area contributed by atoms with E-state index < -0.39 is 5.82 Å². The zero-order valence-corrected chi connectivity index (χ0v) is 11.8. The Bertz CT molecular complexity index is 419. The summed E-state index contributed by atoms with van der Waals surface area (Å²) >= 11 is 0. The Kier molecular flexibility index (Phi) is 6.50. The third kappa shape index (κ3) is 5.39. The van der Waals surface area contributed by atoms with Gasteiger partial charge < -0.3 is 10.1 Å². The van der Waals surface area contributed by atoms with Crippen LogP contribution < -0.4 is 5.32 Å². The molecule has 1 aromatic rings. The van der Waals surface area contributed by atoms with Gasteiger partial charge in [0.1, 0.15) is 5.82 Å². The van der Waals surface area contributed by atoms with E-state index in [0.717, 1.165) is 13.0 Å². The summed E-state index contributed by atoms with van der Waals surface area (Å²) < 4.78 is 19.0. The fourth-order valence-corrected chi connectivity index (χ4v) is 1.75. The van der Waals surface area contributed by atoms with E-state index in [4.69, 9.17) is 4.74 Å². The summed E-state index contributed by atoms with van der Waals surface area (Å²) in [6.45, 7) is 7.64. The summed E-state index contributed by atoms with van der Waals surface area (Å²) in [5.74, 6) is -0.217. The van der Waals surface area contributed by atoms with Crippen LogP contribution in [0, 0.1) is 11.7 Å². The van der Waals surface area contributed by atoms with Crippen molar-refractivity contribution in [1.29, 1.82) is 0 Å². The molecule has 0 fully saturated rings. The second-order valence-electron chi connectivity index (χ2n) is 4.97. The van der Waals surface area contributed by atoms with Crippen molar-refractivity contribution < 1.29 is 13.9 Å². The number of hydrogen-bond donors (Lipinski definition) is 1. The number of anilines is 1. The third-order valence-electron chi connectivity index (χ3n) is 2.60. The maximum atomic E-state index is 13.5. The van der Waals surface area contributed by atoms with Crippen LogP contribution in [0.1, 0.15) is 37.6 Å². The standard InChI is InChI=1S/C15H22FNO2/c1-11(2)10-19-9-5-8-17-14-7-4-6-13(16)15(14)12(3)18/h4,6-7,11,17H,5,8-10H2,1-3H3. The van der Waals surface area contributed by atoms with Crippen molar-refractivity contribution in [1.82, 2.24) is 0 Å². The predicted molar refractivity (Wildman–Crippen MR) is 75.2 cm³/mol. The van der Waals surface area contributed by atoms with Crippen molar-refractivity contribution in [2.24, 2.45) is 5.92 Å². The lowest BCUT2D eigenvalue weighted by Gasteiger charge is -2.11. The largest absolute Gasteiger partial charge is 0.384 e. The molecule has 1 rings (SSSR count). The summed E-state index contributed by atoms with van der Waals surface area (Å²) in [5, 5.41) is 3.08. The van der Waals surface area contributed by atoms with Gasteiger partial charge >= 0.3 is 0 Å². The number of benzene rings is 1. The second kappa shape index (κ2) is 7.89. The normalized spacial score (nSPS) is 10.8. The van der Waals surface area contributed by atoms with E-state index in [0.29, 0.717) is 24.8 Å². The predicted octanol–water partition coefficient (Wildman–Crippen LogP) is 3.50. The first-order chi connectivity index (χ1) is 9.02. The molecule has 0 heterocycles. The number of rotatable bonds is 8. The van der Waals surface area contributed by atoms with Gasteiger partial charge in [-0.3, -0.25) is 4.79 Å². The molecule has 0 aliphatic carbocycles. The number of hydrogen-bond acceptors (Lipinski definition) is 3. The molecule has 1 aromatic carbocycles. The van der Waals surface area contributed by atoms with Crippen LogP contribution in [0.25, 0.3) is 0 Å². The summed E-state index contributed by atoms with van der Waals surface area (Å²) in [5.41, 5.74) is 0.682. The number of ketones is 1. The summed E-state index contributed by atoms with van der Waals surface area (Å²) in [4.78, 5) is 11.4. The van der Waals surface area contributed by atoms with Crippen molar-refractivity contribution in [2.45, 2.75) is 27.2 Å². The molecule has 0 spiro atoms. The molecule has 0 amide bonds. The molecule has 0 saturated heterocycles. The van der Waals surface area contributed by atoms with E-state index in [1.165, 1.54) is 13.0 Å². The molecule has 106 valence electrons. The highest BCUT2D eigenvalue weighted by Crippen LogP contribution is 2.19. The molecule has 3 nitrogen and oxygen atoms in total. The van der Waals surface area contributed by atoms with Gasteiger partial charge in [0.2, 0.25) is 0 Å². The molecule has 4 heteroatoms. The quantitative estimate of drug-likeness (QED) is 0.578. The van der Waals surface area contributed by atoms with Gasteiger partial charge in [-0.1, -0.05) is 19.9 Å². The highest BCUT2D eigenvalue weighted by molar-refractivity contribution is 5.99. The third-order valence-corrected chi connectivity index (χ3v) is 2.60. The first kappa shape index (κ1) is 15.6. The number of halogens is 1. The van der Waals surface area contributed by atoms with Gasteiger partial charge in [0.25, 0.3) is 0 Å². The number of carbonyl (C=O) groups excluding carboxylic acids is 1. The topological polar surface area (TPSA) is 38.3 Å². The van der Waals surface area contributed by atoms with Gasteiger partial charge in [0.15, 0.2) is 5.78 Å². The fraction of sp³-hybridized carbons (Fsp3) is 0.533. The van der Waals surface area contributed by atoms with Crippen LogP contribution >= 0.6 is 0 Å². The molecular weight excluding hydrogens is 245 g/mol. The molecule has 0 aromatic heterocycles. The molecule has 0 aliphatic heterocycles. The van der Waals surface area contributed by atoms with Crippen LogP contribution in [0.5, 0.6) is 0 Å². The van der Waals surface area contributed by atoms with Crippen LogP contribution in [0.3, 0.4) is 0 Å². The second-order valence-corrected chi connectivity index (χ2v) is 4.97. The van der Waals surface area contributed by atoms with Crippen LogP contribution in [0.2, 0.25) is 0 Å². The molecule has 0 unspecified atom stereocenters. The maximum Gasteiger partial charge on any atom is 0.164 e. The van der Waals surface area contributed by atoms with Gasteiger partial charge in [-0.25, -0.2) is 4.39 Å². The molecule has 0 saturated carbocycles. The molecule has 0 aliphatic rings. The summed E-state index contributed by atoms with van der Waals surface area (Å²) in [7, 11) is 0. The van der Waals surface area contributed by atoms with E-state index >= 15 is 0 Å². The fourth-order valence-electron chi connectivity index (χ4n) is 1.75. The Balaban J connectivity index is 2.41. The smallest absolute Gasteiger partial charge is 0.164 e. The average molecular weight is 267 g/mol. The molecule has 0 atom stereocenters.